The van der Waals surface area contributed by atoms with E-state index in [1.165, 1.54) is 16.8 Å². The molecule has 0 aliphatic heterocycles. The van der Waals surface area contributed by atoms with Gasteiger partial charge < -0.3 is 0 Å². The molecule has 130 valence electrons. The summed E-state index contributed by atoms with van der Waals surface area (Å²) in [5.74, 6) is -0.135. The van der Waals surface area contributed by atoms with Crippen molar-refractivity contribution < 1.29 is 12.8 Å². The Kier molecular flexibility index (Phi) is 4.30. The molecule has 1 N–H and O–H groups in total. The highest BCUT2D eigenvalue weighted by molar-refractivity contribution is 7.92. The van der Waals surface area contributed by atoms with E-state index in [0.29, 0.717) is 17.1 Å². The van der Waals surface area contributed by atoms with Crippen LogP contribution in [0.1, 0.15) is 17.0 Å². The number of hydrogen-bond acceptors (Lipinski definition) is 4. The summed E-state index contributed by atoms with van der Waals surface area (Å²) in [5, 5.41) is 4.29. The first-order valence-electron chi connectivity index (χ1n) is 7.55. The number of nitrogens with one attached hydrogen (secondary N) is 1. The quantitative estimate of drug-likeness (QED) is 0.775. The maximum absolute atomic E-state index is 13.1. The van der Waals surface area contributed by atoms with Crippen molar-refractivity contribution in [1.82, 2.24) is 14.8 Å². The van der Waals surface area contributed by atoms with Crippen molar-refractivity contribution in [3.05, 3.63) is 65.4 Å². The topological polar surface area (TPSA) is 76.9 Å². The average Bonchev–Trinajstić information content (AvgIpc) is 2.85. The van der Waals surface area contributed by atoms with Crippen LogP contribution >= 0.6 is 0 Å². The molecule has 0 atom stereocenters. The first-order valence-corrected chi connectivity index (χ1v) is 9.04. The average molecular weight is 360 g/mol. The van der Waals surface area contributed by atoms with E-state index in [9.17, 15) is 12.8 Å². The van der Waals surface area contributed by atoms with Crippen molar-refractivity contribution >= 4 is 15.8 Å². The van der Waals surface area contributed by atoms with Gasteiger partial charge >= 0.3 is 0 Å². The lowest BCUT2D eigenvalue weighted by atomic mass is 10.3. The number of benzene rings is 1. The van der Waals surface area contributed by atoms with Gasteiger partial charge in [0.25, 0.3) is 10.0 Å². The zero-order chi connectivity index (χ0) is 18.2. The molecule has 0 aliphatic carbocycles. The fourth-order valence-corrected chi connectivity index (χ4v) is 3.97. The second-order valence-corrected chi connectivity index (χ2v) is 7.33. The van der Waals surface area contributed by atoms with Crippen LogP contribution in [0.5, 0.6) is 0 Å². The summed E-state index contributed by atoms with van der Waals surface area (Å²) in [6.07, 6.45) is 1.58. The monoisotopic (exact) mass is 360 g/mol. The Hall–Kier alpha value is -2.74. The molecule has 0 unspecified atom stereocenters. The Morgan fingerprint density at radius 2 is 1.72 bits per heavy atom. The summed E-state index contributed by atoms with van der Waals surface area (Å²) >= 11 is 0. The maximum atomic E-state index is 13.1. The number of aryl methyl sites for hydroxylation is 2. The van der Waals surface area contributed by atoms with Crippen molar-refractivity contribution in [2.45, 2.75) is 25.7 Å². The largest absolute Gasteiger partial charge is 0.266 e. The minimum absolute atomic E-state index is 0.0826. The standard InChI is InChI=1S/C17H17FN4O2S/c1-11-4-9-16(19-10-11)21-25(23,24)17-12(2)20-22(13(17)3)15-7-5-14(18)6-8-15/h4-10H,1-3H3,(H,19,21). The van der Waals surface area contributed by atoms with Crippen LogP contribution in [0, 0.1) is 26.6 Å². The molecular formula is C17H17FN4O2S. The number of hydrogen-bond donors (Lipinski definition) is 1. The first kappa shape index (κ1) is 17.1. The second-order valence-electron chi connectivity index (χ2n) is 5.71. The molecule has 1 aromatic carbocycles. The van der Waals surface area contributed by atoms with Gasteiger partial charge in [-0.3, -0.25) is 4.72 Å². The Morgan fingerprint density at radius 1 is 1.04 bits per heavy atom. The van der Waals surface area contributed by atoms with Crippen LogP contribution in [0.15, 0.2) is 47.5 Å². The Labute approximate surface area is 145 Å². The van der Waals surface area contributed by atoms with E-state index >= 15 is 0 Å². The Balaban J connectivity index is 2.02. The molecule has 0 fully saturated rings. The van der Waals surface area contributed by atoms with Gasteiger partial charge in [0.15, 0.2) is 0 Å². The van der Waals surface area contributed by atoms with Gasteiger partial charge in [-0.25, -0.2) is 22.5 Å². The molecule has 3 rings (SSSR count). The molecule has 2 heterocycles. The molecule has 0 aliphatic rings. The van der Waals surface area contributed by atoms with Gasteiger partial charge in [0, 0.05) is 6.20 Å². The highest BCUT2D eigenvalue weighted by Gasteiger charge is 2.25. The molecular weight excluding hydrogens is 343 g/mol. The molecule has 6 nitrogen and oxygen atoms in total. The Bertz CT molecular complexity index is 1010. The van der Waals surface area contributed by atoms with Crippen molar-refractivity contribution in [2.24, 2.45) is 0 Å². The molecule has 0 radical (unpaired) electrons. The molecule has 0 spiro atoms. The number of pyridine rings is 1. The summed E-state index contributed by atoms with van der Waals surface area (Å²) in [7, 11) is -3.85. The highest BCUT2D eigenvalue weighted by Crippen LogP contribution is 2.24. The van der Waals surface area contributed by atoms with Crippen molar-refractivity contribution in [3.8, 4) is 5.69 Å². The molecule has 0 saturated heterocycles. The molecule has 3 aromatic rings. The fourth-order valence-electron chi connectivity index (χ4n) is 2.57. The fraction of sp³-hybridized carbons (Fsp3) is 0.176. The smallest absolute Gasteiger partial charge is 0.263 e. The zero-order valence-electron chi connectivity index (χ0n) is 14.0. The van der Waals surface area contributed by atoms with E-state index in [1.54, 1.807) is 44.3 Å². The van der Waals surface area contributed by atoms with Crippen LogP contribution in [0.4, 0.5) is 10.2 Å². The third-order valence-corrected chi connectivity index (χ3v) is 5.32. The van der Waals surface area contributed by atoms with Gasteiger partial charge in [-0.1, -0.05) is 6.07 Å². The van der Waals surface area contributed by atoms with E-state index in [4.69, 9.17) is 0 Å². The van der Waals surface area contributed by atoms with Crippen LogP contribution < -0.4 is 4.72 Å². The maximum Gasteiger partial charge on any atom is 0.266 e. The highest BCUT2D eigenvalue weighted by atomic mass is 32.2. The van der Waals surface area contributed by atoms with Crippen molar-refractivity contribution in [2.75, 3.05) is 4.72 Å². The first-order chi connectivity index (χ1) is 11.8. The van der Waals surface area contributed by atoms with Crippen LogP contribution in [-0.2, 0) is 10.0 Å². The van der Waals surface area contributed by atoms with Gasteiger partial charge in [0.05, 0.1) is 17.1 Å². The minimum Gasteiger partial charge on any atom is -0.263 e. The second kappa shape index (κ2) is 6.29. The minimum atomic E-state index is -3.85. The normalized spacial score (nSPS) is 11.5. The molecule has 0 saturated carbocycles. The van der Waals surface area contributed by atoms with Crippen LogP contribution in [0.3, 0.4) is 0 Å². The number of anilines is 1. The van der Waals surface area contributed by atoms with E-state index in [1.807, 2.05) is 6.92 Å². The lowest BCUT2D eigenvalue weighted by Crippen LogP contribution is -2.15. The lowest BCUT2D eigenvalue weighted by molar-refractivity contribution is 0.599. The van der Waals surface area contributed by atoms with Gasteiger partial charge in [-0.2, -0.15) is 5.10 Å². The van der Waals surface area contributed by atoms with E-state index in [2.05, 4.69) is 14.8 Å². The molecule has 8 heteroatoms. The lowest BCUT2D eigenvalue weighted by Gasteiger charge is -2.08. The summed E-state index contributed by atoms with van der Waals surface area (Å²) in [5.41, 5.74) is 2.29. The predicted octanol–water partition coefficient (Wildman–Crippen LogP) is 3.13. The van der Waals surface area contributed by atoms with Gasteiger partial charge in [-0.05, 0) is 56.7 Å². The third kappa shape index (κ3) is 3.39. The molecule has 0 amide bonds. The van der Waals surface area contributed by atoms with Gasteiger partial charge in [0.1, 0.15) is 16.5 Å². The molecule has 2 aromatic heterocycles. The summed E-state index contributed by atoms with van der Waals surface area (Å²) in [6.45, 7) is 5.14. The van der Waals surface area contributed by atoms with E-state index in [-0.39, 0.29) is 16.5 Å². The SMILES string of the molecule is Cc1ccc(NS(=O)(=O)c2c(C)nn(-c3ccc(F)cc3)c2C)nc1. The van der Waals surface area contributed by atoms with Crippen LogP contribution in [0.25, 0.3) is 5.69 Å². The van der Waals surface area contributed by atoms with E-state index < -0.39 is 10.0 Å². The summed E-state index contributed by atoms with van der Waals surface area (Å²) in [6, 6.07) is 9.05. The number of aromatic nitrogens is 3. The molecule has 0 bridgehead atoms. The van der Waals surface area contributed by atoms with Crippen molar-refractivity contribution in [1.29, 1.82) is 0 Å². The number of rotatable bonds is 4. The van der Waals surface area contributed by atoms with Crippen molar-refractivity contribution in [3.63, 3.8) is 0 Å². The number of nitrogens with zero attached hydrogens (tertiary/aromatic N) is 3. The van der Waals surface area contributed by atoms with Gasteiger partial charge in [-0.15, -0.1) is 0 Å². The van der Waals surface area contributed by atoms with Gasteiger partial charge in [0.2, 0.25) is 0 Å². The Morgan fingerprint density at radius 3 is 2.32 bits per heavy atom. The number of halogens is 1. The summed E-state index contributed by atoms with van der Waals surface area (Å²) in [4.78, 5) is 4.15. The van der Waals surface area contributed by atoms with Crippen LogP contribution in [0.2, 0.25) is 0 Å². The predicted molar refractivity (Wildman–Crippen MR) is 92.8 cm³/mol. The molecule has 25 heavy (non-hydrogen) atoms. The van der Waals surface area contributed by atoms with E-state index in [0.717, 1.165) is 5.56 Å². The number of sulfonamides is 1. The zero-order valence-corrected chi connectivity index (χ0v) is 14.8. The summed E-state index contributed by atoms with van der Waals surface area (Å²) < 4.78 is 42.6. The third-order valence-electron chi connectivity index (χ3n) is 3.72. The van der Waals surface area contributed by atoms with Crippen LogP contribution in [-0.4, -0.2) is 23.2 Å².